The molecule has 0 saturated heterocycles. The van der Waals surface area contributed by atoms with Gasteiger partial charge in [0.05, 0.1) is 5.57 Å². The summed E-state index contributed by atoms with van der Waals surface area (Å²) >= 11 is 0. The molecule has 40 heavy (non-hydrogen) atoms. The molecule has 0 amide bonds. The van der Waals surface area contributed by atoms with Gasteiger partial charge < -0.3 is 0 Å². The molecule has 0 aliphatic heterocycles. The Morgan fingerprint density at radius 1 is 0.700 bits per heavy atom. The van der Waals surface area contributed by atoms with Crippen LogP contribution in [0.15, 0.2) is 118 Å². The Balaban J connectivity index is 1.86. The van der Waals surface area contributed by atoms with Crippen LogP contribution in [0.25, 0.3) is 0 Å². The highest BCUT2D eigenvalue weighted by atomic mass is 14.4. The van der Waals surface area contributed by atoms with Crippen LogP contribution in [0.1, 0.15) is 108 Å². The van der Waals surface area contributed by atoms with E-state index in [-0.39, 0.29) is 0 Å². The maximum Gasteiger partial charge on any atom is 0.0637 e. The Bertz CT molecular complexity index is 1150. The van der Waals surface area contributed by atoms with E-state index in [1.807, 2.05) is 0 Å². The molecule has 0 N–H and O–H groups in total. The summed E-state index contributed by atoms with van der Waals surface area (Å²) in [6.45, 7) is 22.9. The molecule has 1 atom stereocenters. The minimum absolute atomic E-state index is 0.292. The number of hydrogen-bond donors (Lipinski definition) is 0. The maximum atomic E-state index is 2.39. The molecule has 0 nitrogen and oxygen atoms in total. The summed E-state index contributed by atoms with van der Waals surface area (Å²) in [7, 11) is 0. The summed E-state index contributed by atoms with van der Waals surface area (Å²) in [6.07, 6.45) is 38.6. The van der Waals surface area contributed by atoms with E-state index in [9.17, 15) is 0 Å². The molecule has 216 valence electrons. The number of rotatable bonds is 10. The maximum absolute atomic E-state index is 2.39. The molecular weight excluding hydrogens is 480 g/mol. The third kappa shape index (κ3) is 11.4. The van der Waals surface area contributed by atoms with Crippen molar-refractivity contribution in [3.05, 3.63) is 124 Å². The summed E-state index contributed by atoms with van der Waals surface area (Å²) in [5.41, 5.74) is 10.3. The van der Waals surface area contributed by atoms with Crippen LogP contribution < -0.4 is 0 Å². The van der Waals surface area contributed by atoms with Gasteiger partial charge in [0.2, 0.25) is 0 Å². The summed E-state index contributed by atoms with van der Waals surface area (Å²) in [5, 5.41) is 0. The van der Waals surface area contributed by atoms with E-state index in [0.29, 0.717) is 16.7 Å². The van der Waals surface area contributed by atoms with Gasteiger partial charge in [0.25, 0.3) is 0 Å². The lowest BCUT2D eigenvalue weighted by Gasteiger charge is -2.37. The van der Waals surface area contributed by atoms with Crippen LogP contribution in [0.4, 0.5) is 0 Å². The normalized spacial score (nSPS) is 24.4. The summed E-state index contributed by atoms with van der Waals surface area (Å²) < 4.78 is 0. The van der Waals surface area contributed by atoms with E-state index < -0.39 is 0 Å². The number of hydrogen-bond acceptors (Lipinski definition) is 0. The fraction of sp³-hybridized carbons (Fsp3) is 0.475. The van der Waals surface area contributed by atoms with Crippen LogP contribution in [0.2, 0.25) is 0 Å². The second kappa shape index (κ2) is 15.9. The third-order valence-corrected chi connectivity index (χ3v) is 8.60. The largest absolute Gasteiger partial charge is 0.0637 e. The first-order valence-electron chi connectivity index (χ1n) is 15.5. The highest BCUT2D eigenvalue weighted by Crippen LogP contribution is 2.43. The van der Waals surface area contributed by atoms with Gasteiger partial charge in [-0.2, -0.15) is 0 Å². The van der Waals surface area contributed by atoms with Crippen molar-refractivity contribution in [1.82, 2.24) is 0 Å². The Morgan fingerprint density at radius 2 is 1.23 bits per heavy atom. The standard InChI is InChI=1S/C40H57/c1-31(19-13-21-33(3)25-27-37-35(5)23-15-29-39(37,7)8)17-11-12-18-32(2)20-14-22-34(4)26-28-38-36(6)24-16-30-40(38,9)10/h11-14,17-22,25-28,35H,15-16,23-24,29-30H2,1-10H3/q+1/b17-11+,18-12+,21-13+,22-14+,31-19+,32-20+,33-25+,34-26+,37-27+. The van der Waals surface area contributed by atoms with E-state index in [0.717, 1.165) is 0 Å². The molecule has 0 heterocycles. The predicted molar refractivity (Wildman–Crippen MR) is 181 cm³/mol. The molecule has 0 aromatic heterocycles. The molecule has 2 rings (SSSR count). The molecule has 2 aliphatic carbocycles. The topological polar surface area (TPSA) is 0 Å². The highest BCUT2D eigenvalue weighted by Gasteiger charge is 2.32. The molecule has 1 fully saturated rings. The summed E-state index contributed by atoms with van der Waals surface area (Å²) in [5.74, 6) is 0.692. The van der Waals surface area contributed by atoms with Crippen molar-refractivity contribution in [3.8, 4) is 0 Å². The molecule has 0 spiro atoms. The van der Waals surface area contributed by atoms with Crippen molar-refractivity contribution < 1.29 is 0 Å². The second-order valence-corrected chi connectivity index (χ2v) is 13.5. The number of allylic oxidation sites excluding steroid dienone is 20. The lowest BCUT2D eigenvalue weighted by Crippen LogP contribution is -2.24. The third-order valence-electron chi connectivity index (χ3n) is 8.60. The fourth-order valence-electron chi connectivity index (χ4n) is 5.99. The predicted octanol–water partition coefficient (Wildman–Crippen LogP) is 12.5. The monoisotopic (exact) mass is 537 g/mol. The minimum Gasteiger partial charge on any atom is -0.0620 e. The lowest BCUT2D eigenvalue weighted by molar-refractivity contribution is 0.290. The molecule has 1 unspecified atom stereocenters. The van der Waals surface area contributed by atoms with Gasteiger partial charge in [-0.15, -0.1) is 0 Å². The van der Waals surface area contributed by atoms with Crippen molar-refractivity contribution in [3.63, 3.8) is 0 Å². The first-order valence-corrected chi connectivity index (χ1v) is 15.5. The minimum atomic E-state index is 0.292. The fourth-order valence-corrected chi connectivity index (χ4v) is 5.99. The van der Waals surface area contributed by atoms with E-state index in [1.54, 1.807) is 11.1 Å². The zero-order chi connectivity index (χ0) is 29.8. The Hall–Kier alpha value is -2.73. The van der Waals surface area contributed by atoms with Gasteiger partial charge in [0.1, 0.15) is 0 Å². The van der Waals surface area contributed by atoms with Crippen LogP contribution in [-0.2, 0) is 0 Å². The average Bonchev–Trinajstić information content (AvgIpc) is 2.85. The molecule has 0 aromatic rings. The smallest absolute Gasteiger partial charge is 0.0620 e. The average molecular weight is 538 g/mol. The van der Waals surface area contributed by atoms with Crippen molar-refractivity contribution in [2.75, 3.05) is 0 Å². The van der Waals surface area contributed by atoms with Gasteiger partial charge in [0.15, 0.2) is 0 Å². The second-order valence-electron chi connectivity index (χ2n) is 13.5. The zero-order valence-electron chi connectivity index (χ0n) is 27.4. The van der Waals surface area contributed by atoms with E-state index in [1.165, 1.54) is 66.4 Å². The van der Waals surface area contributed by atoms with Gasteiger partial charge in [0, 0.05) is 49.3 Å². The highest BCUT2D eigenvalue weighted by molar-refractivity contribution is 5.37. The first kappa shape index (κ1) is 33.5. The lowest BCUT2D eigenvalue weighted by atomic mass is 9.68. The van der Waals surface area contributed by atoms with E-state index in [4.69, 9.17) is 0 Å². The molecule has 0 aromatic carbocycles. The first-order chi connectivity index (χ1) is 18.8. The van der Waals surface area contributed by atoms with Gasteiger partial charge in [-0.1, -0.05) is 124 Å². The molecule has 0 radical (unpaired) electrons. The Kier molecular flexibility index (Phi) is 13.3. The molecule has 1 saturated carbocycles. The molecule has 0 bridgehead atoms. The van der Waals surface area contributed by atoms with Gasteiger partial charge in [-0.3, -0.25) is 0 Å². The Morgan fingerprint density at radius 3 is 1.80 bits per heavy atom. The summed E-state index contributed by atoms with van der Waals surface area (Å²) in [4.78, 5) is 0. The van der Waals surface area contributed by atoms with E-state index >= 15 is 0 Å². The van der Waals surface area contributed by atoms with Crippen molar-refractivity contribution >= 4 is 0 Å². The van der Waals surface area contributed by atoms with Crippen LogP contribution in [0.5, 0.6) is 0 Å². The van der Waals surface area contributed by atoms with Crippen molar-refractivity contribution in [1.29, 1.82) is 0 Å². The SMILES string of the molecule is CC1=C([CH+]/C=C(C)/C=C/C=C(C)/C=C/C=C/C(C)=C/C=C/C(C)=C/C=C2\C(C)CCCC2(C)C)C(C)(C)CCC1. The van der Waals surface area contributed by atoms with E-state index in [2.05, 4.69) is 155 Å². The van der Waals surface area contributed by atoms with Gasteiger partial charge in [-0.05, 0) is 69.9 Å². The van der Waals surface area contributed by atoms with Crippen LogP contribution >= 0.6 is 0 Å². The van der Waals surface area contributed by atoms with Crippen molar-refractivity contribution in [2.24, 2.45) is 16.7 Å². The molecule has 2 aliphatic rings. The van der Waals surface area contributed by atoms with Gasteiger partial charge >= 0.3 is 0 Å². The van der Waals surface area contributed by atoms with Crippen LogP contribution in [0, 0.1) is 23.2 Å². The zero-order valence-corrected chi connectivity index (χ0v) is 27.4. The Labute approximate surface area is 248 Å². The van der Waals surface area contributed by atoms with Crippen molar-refractivity contribution in [2.45, 2.75) is 108 Å². The van der Waals surface area contributed by atoms with Gasteiger partial charge in [-0.25, -0.2) is 0 Å². The van der Waals surface area contributed by atoms with Crippen LogP contribution in [0.3, 0.4) is 0 Å². The summed E-state index contributed by atoms with van der Waals surface area (Å²) in [6, 6.07) is 0. The quantitative estimate of drug-likeness (QED) is 0.192. The molecular formula is C40H57+. The van der Waals surface area contributed by atoms with Crippen LogP contribution in [-0.4, -0.2) is 0 Å². The molecule has 0 heteroatoms.